The van der Waals surface area contributed by atoms with Crippen molar-refractivity contribution in [3.8, 4) is 5.75 Å². The number of rotatable bonds is 1. The van der Waals surface area contributed by atoms with Crippen LogP contribution in [0.3, 0.4) is 0 Å². The second-order valence-corrected chi connectivity index (χ2v) is 9.38. The number of nitrogens with zero attached hydrogens (tertiary/aromatic N) is 1. The summed E-state index contributed by atoms with van der Waals surface area (Å²) in [5.41, 5.74) is 1.09. The SMILES string of the molecule is CC(C)C.CN1CC(=O)NCC(=O)NCCCc2ccccc2OCCNC(C2CC2)C1=O. The molecule has 184 valence electrons. The number of carbonyl (C=O) groups excluding carboxylic acids is 3. The Kier molecular flexibility index (Phi) is 11.2. The summed E-state index contributed by atoms with van der Waals surface area (Å²) in [4.78, 5) is 38.2. The van der Waals surface area contributed by atoms with E-state index >= 15 is 0 Å². The molecule has 3 rings (SSSR count). The molecule has 0 saturated heterocycles. The first-order valence-electron chi connectivity index (χ1n) is 12.0. The molecule has 1 aliphatic carbocycles. The van der Waals surface area contributed by atoms with Crippen LogP contribution in [0.25, 0.3) is 0 Å². The quantitative estimate of drug-likeness (QED) is 0.593. The monoisotopic (exact) mass is 460 g/mol. The van der Waals surface area contributed by atoms with Gasteiger partial charge in [0, 0.05) is 20.1 Å². The van der Waals surface area contributed by atoms with Crippen LogP contribution in [0, 0.1) is 11.8 Å². The summed E-state index contributed by atoms with van der Waals surface area (Å²) in [7, 11) is 1.62. The third kappa shape index (κ3) is 10.2. The lowest BCUT2D eigenvalue weighted by Crippen LogP contribution is -2.50. The Morgan fingerprint density at radius 2 is 1.70 bits per heavy atom. The molecule has 1 unspecified atom stereocenters. The molecule has 8 nitrogen and oxygen atoms in total. The van der Waals surface area contributed by atoms with Gasteiger partial charge in [-0.05, 0) is 49.1 Å². The topological polar surface area (TPSA) is 99.8 Å². The van der Waals surface area contributed by atoms with Gasteiger partial charge in [0.25, 0.3) is 0 Å². The second kappa shape index (κ2) is 13.8. The van der Waals surface area contributed by atoms with Crippen LogP contribution in [0.15, 0.2) is 24.3 Å². The largest absolute Gasteiger partial charge is 0.492 e. The van der Waals surface area contributed by atoms with Crippen LogP contribution in [0.1, 0.15) is 45.6 Å². The Labute approximate surface area is 197 Å². The number of ether oxygens (including phenoxy) is 1. The first-order chi connectivity index (χ1) is 15.8. The zero-order valence-electron chi connectivity index (χ0n) is 20.5. The molecule has 33 heavy (non-hydrogen) atoms. The van der Waals surface area contributed by atoms with E-state index < -0.39 is 0 Å². The molecular formula is C25H40N4O4. The highest BCUT2D eigenvalue weighted by molar-refractivity contribution is 5.89. The van der Waals surface area contributed by atoms with Crippen molar-refractivity contribution in [2.45, 2.75) is 52.5 Å². The van der Waals surface area contributed by atoms with Crippen LogP contribution >= 0.6 is 0 Å². The number of nitrogens with one attached hydrogen (secondary N) is 3. The van der Waals surface area contributed by atoms with E-state index in [1.54, 1.807) is 7.05 Å². The van der Waals surface area contributed by atoms with Crippen LogP contribution in [0.2, 0.25) is 0 Å². The molecule has 3 N–H and O–H groups in total. The predicted octanol–water partition coefficient (Wildman–Crippen LogP) is 1.73. The summed E-state index contributed by atoms with van der Waals surface area (Å²) in [5, 5.41) is 8.69. The molecule has 1 saturated carbocycles. The van der Waals surface area contributed by atoms with E-state index in [0.717, 1.165) is 42.9 Å². The number of para-hydroxylation sites is 1. The summed E-state index contributed by atoms with van der Waals surface area (Å²) in [6, 6.07) is 7.56. The van der Waals surface area contributed by atoms with E-state index in [9.17, 15) is 14.4 Å². The summed E-state index contributed by atoms with van der Waals surface area (Å²) in [6.07, 6.45) is 3.57. The lowest BCUT2D eigenvalue weighted by Gasteiger charge is -2.24. The first kappa shape index (κ1) is 26.6. The predicted molar refractivity (Wildman–Crippen MR) is 129 cm³/mol. The van der Waals surface area contributed by atoms with Gasteiger partial charge in [-0.3, -0.25) is 14.4 Å². The standard InChI is InChI=1S/C21H30N4O4.C4H10/c1-25-14-19(27)24-13-18(26)22-10-4-6-15-5-2-3-7-17(15)29-12-11-23-20(21(25)28)16-8-9-16;1-4(2)3/h2-3,5,7,16,20,23H,4,6,8-14H2,1H3,(H,22,26)(H,24,27);4H,1-3H3. The van der Waals surface area contributed by atoms with Crippen molar-refractivity contribution in [3.63, 3.8) is 0 Å². The highest BCUT2D eigenvalue weighted by Gasteiger charge is 2.37. The van der Waals surface area contributed by atoms with Crippen molar-refractivity contribution >= 4 is 17.7 Å². The van der Waals surface area contributed by atoms with Gasteiger partial charge in [-0.2, -0.15) is 0 Å². The van der Waals surface area contributed by atoms with Gasteiger partial charge in [0.2, 0.25) is 17.7 Å². The zero-order valence-corrected chi connectivity index (χ0v) is 20.5. The molecule has 0 bridgehead atoms. The molecule has 1 aromatic carbocycles. The number of aryl methyl sites for hydroxylation is 1. The third-order valence-corrected chi connectivity index (χ3v) is 5.20. The average molecular weight is 461 g/mol. The molecule has 0 spiro atoms. The molecule has 2 aliphatic rings. The van der Waals surface area contributed by atoms with Crippen LogP contribution in [-0.4, -0.2) is 68.5 Å². The Bertz CT molecular complexity index is 777. The first-order valence-corrected chi connectivity index (χ1v) is 12.0. The van der Waals surface area contributed by atoms with E-state index in [0.29, 0.717) is 25.6 Å². The summed E-state index contributed by atoms with van der Waals surface area (Å²) in [5.74, 6) is 1.28. The molecular weight excluding hydrogens is 420 g/mol. The molecule has 3 amide bonds. The van der Waals surface area contributed by atoms with Gasteiger partial charge < -0.3 is 25.6 Å². The number of carbonyl (C=O) groups is 3. The highest BCUT2D eigenvalue weighted by atomic mass is 16.5. The van der Waals surface area contributed by atoms with Crippen LogP contribution in [0.4, 0.5) is 0 Å². The smallest absolute Gasteiger partial charge is 0.240 e. The minimum absolute atomic E-state index is 0.0686. The highest BCUT2D eigenvalue weighted by Crippen LogP contribution is 2.33. The third-order valence-electron chi connectivity index (χ3n) is 5.20. The Morgan fingerprint density at radius 3 is 2.39 bits per heavy atom. The van der Waals surface area contributed by atoms with Gasteiger partial charge in [0.05, 0.1) is 19.1 Å². The minimum Gasteiger partial charge on any atom is -0.492 e. The summed E-state index contributed by atoms with van der Waals surface area (Å²) < 4.78 is 5.94. The van der Waals surface area contributed by atoms with Crippen molar-refractivity contribution in [2.75, 3.05) is 39.8 Å². The number of amides is 3. The average Bonchev–Trinajstić information content (AvgIpc) is 3.60. The molecule has 8 heteroatoms. The van der Waals surface area contributed by atoms with Crippen LogP contribution in [0.5, 0.6) is 5.75 Å². The van der Waals surface area contributed by atoms with Gasteiger partial charge >= 0.3 is 0 Å². The minimum atomic E-state index is -0.344. The number of fused-ring (bicyclic) bond motifs is 1. The normalized spacial score (nSPS) is 21.4. The van der Waals surface area contributed by atoms with Crippen molar-refractivity contribution in [1.82, 2.24) is 20.9 Å². The number of hydrogen-bond acceptors (Lipinski definition) is 5. The summed E-state index contributed by atoms with van der Waals surface area (Å²) in [6.45, 7) is 7.86. The summed E-state index contributed by atoms with van der Waals surface area (Å²) >= 11 is 0. The van der Waals surface area contributed by atoms with Crippen molar-refractivity contribution in [2.24, 2.45) is 11.8 Å². The van der Waals surface area contributed by atoms with E-state index in [4.69, 9.17) is 4.74 Å². The molecule has 1 heterocycles. The molecule has 1 atom stereocenters. The van der Waals surface area contributed by atoms with Crippen LogP contribution in [-0.2, 0) is 20.8 Å². The number of likely N-dealkylation sites (N-methyl/N-ethyl adjacent to an activating group) is 1. The van der Waals surface area contributed by atoms with Gasteiger partial charge in [-0.15, -0.1) is 0 Å². The van der Waals surface area contributed by atoms with Gasteiger partial charge in [0.15, 0.2) is 0 Å². The van der Waals surface area contributed by atoms with Gasteiger partial charge in [0.1, 0.15) is 12.4 Å². The van der Waals surface area contributed by atoms with Crippen molar-refractivity contribution in [3.05, 3.63) is 29.8 Å². The second-order valence-electron chi connectivity index (χ2n) is 9.38. The maximum atomic E-state index is 12.8. The van der Waals surface area contributed by atoms with Crippen LogP contribution < -0.4 is 20.7 Å². The zero-order chi connectivity index (χ0) is 24.2. The van der Waals surface area contributed by atoms with Gasteiger partial charge in [-0.1, -0.05) is 39.0 Å². The molecule has 0 aromatic heterocycles. The van der Waals surface area contributed by atoms with Gasteiger partial charge in [-0.25, -0.2) is 0 Å². The molecule has 0 radical (unpaired) electrons. The lowest BCUT2D eigenvalue weighted by molar-refractivity contribution is -0.137. The Balaban J connectivity index is 0.000000890. The molecule has 1 aliphatic heterocycles. The fraction of sp³-hybridized carbons (Fsp3) is 0.640. The number of benzene rings is 1. The fourth-order valence-electron chi connectivity index (χ4n) is 3.45. The van der Waals surface area contributed by atoms with Crippen molar-refractivity contribution in [1.29, 1.82) is 0 Å². The maximum Gasteiger partial charge on any atom is 0.240 e. The number of hydrogen-bond donors (Lipinski definition) is 3. The van der Waals surface area contributed by atoms with Crippen molar-refractivity contribution < 1.29 is 19.1 Å². The van der Waals surface area contributed by atoms with E-state index in [1.807, 2.05) is 24.3 Å². The maximum absolute atomic E-state index is 12.8. The molecule has 1 aromatic rings. The van der Waals surface area contributed by atoms with E-state index in [1.165, 1.54) is 4.90 Å². The fourth-order valence-corrected chi connectivity index (χ4v) is 3.45. The lowest BCUT2D eigenvalue weighted by atomic mass is 10.1. The Hall–Kier alpha value is -2.61. The molecule has 1 fully saturated rings. The van der Waals surface area contributed by atoms with E-state index in [2.05, 4.69) is 36.7 Å². The Morgan fingerprint density at radius 1 is 1.00 bits per heavy atom. The van der Waals surface area contributed by atoms with E-state index in [-0.39, 0.29) is 36.9 Å².